The zero-order chi connectivity index (χ0) is 71.4. The van der Waals surface area contributed by atoms with Gasteiger partial charge in [0.2, 0.25) is 0 Å². The van der Waals surface area contributed by atoms with Crippen LogP contribution in [0.25, 0.3) is 0 Å². The number of carbonyl (C=O) groups is 4. The summed E-state index contributed by atoms with van der Waals surface area (Å²) in [5.41, 5.74) is 0. The molecule has 0 saturated carbocycles. The molecule has 0 rings (SSSR count). The first kappa shape index (κ1) is 95.1. The van der Waals surface area contributed by atoms with Crippen molar-refractivity contribution in [2.75, 3.05) is 39.6 Å². The molecule has 0 radical (unpaired) electrons. The van der Waals surface area contributed by atoms with E-state index in [2.05, 4.69) is 41.5 Å². The second kappa shape index (κ2) is 69.8. The maximum Gasteiger partial charge on any atom is 0.472 e. The molecule has 0 bridgehead atoms. The van der Waals surface area contributed by atoms with Crippen molar-refractivity contribution >= 4 is 39.5 Å². The SMILES string of the molecule is CCCCCCCCCCCCCCCCCCCC(=O)OC[C@H](COP(=O)(O)OC[C@@H](O)COP(=O)(O)OC[C@@H](COC(=O)CCCCCCCCCC(C)C)OC(=O)CCCCCCCCCCCCCC)OC(=O)CCCCCCCCCCCCCCCCCC(C)C. The Bertz CT molecular complexity index is 1870. The van der Waals surface area contributed by atoms with Crippen LogP contribution in [0.3, 0.4) is 0 Å². The van der Waals surface area contributed by atoms with Crippen molar-refractivity contribution in [1.29, 1.82) is 0 Å². The Kier molecular flexibility index (Phi) is 68.4. The lowest BCUT2D eigenvalue weighted by molar-refractivity contribution is -0.161. The molecule has 17 nitrogen and oxygen atoms in total. The molecule has 0 aromatic carbocycles. The molecule has 0 aromatic rings. The number of ether oxygens (including phenoxy) is 4. The van der Waals surface area contributed by atoms with Gasteiger partial charge in [0.05, 0.1) is 26.4 Å². The minimum absolute atomic E-state index is 0.107. The summed E-state index contributed by atoms with van der Waals surface area (Å²) >= 11 is 0. The molecular formula is C78H152O17P2. The van der Waals surface area contributed by atoms with E-state index in [1.54, 1.807) is 0 Å². The first-order valence-corrected chi connectivity index (χ1v) is 43.5. The van der Waals surface area contributed by atoms with Crippen LogP contribution in [0, 0.1) is 11.8 Å². The van der Waals surface area contributed by atoms with E-state index < -0.39 is 97.5 Å². The van der Waals surface area contributed by atoms with Gasteiger partial charge < -0.3 is 33.8 Å². The molecule has 2 unspecified atom stereocenters. The minimum Gasteiger partial charge on any atom is -0.462 e. The molecule has 0 spiro atoms. The molecule has 0 heterocycles. The van der Waals surface area contributed by atoms with Crippen LogP contribution in [0.15, 0.2) is 0 Å². The third kappa shape index (κ3) is 72.2. The van der Waals surface area contributed by atoms with Gasteiger partial charge in [0.15, 0.2) is 12.2 Å². The molecule has 3 N–H and O–H groups in total. The lowest BCUT2D eigenvalue weighted by Crippen LogP contribution is -2.30. The zero-order valence-corrected chi connectivity index (χ0v) is 65.2. The number of rotatable bonds is 77. The summed E-state index contributed by atoms with van der Waals surface area (Å²) in [6.45, 7) is 9.58. The molecule has 0 aliphatic rings. The fourth-order valence-electron chi connectivity index (χ4n) is 12.0. The van der Waals surface area contributed by atoms with Gasteiger partial charge >= 0.3 is 39.5 Å². The number of hydrogen-bond donors (Lipinski definition) is 3. The third-order valence-electron chi connectivity index (χ3n) is 18.2. The molecule has 0 saturated heterocycles. The van der Waals surface area contributed by atoms with Gasteiger partial charge in [0, 0.05) is 25.7 Å². The molecular weight excluding hydrogens is 1270 g/mol. The predicted octanol–water partition coefficient (Wildman–Crippen LogP) is 23.1. The van der Waals surface area contributed by atoms with E-state index in [0.29, 0.717) is 31.6 Å². The molecule has 19 heteroatoms. The van der Waals surface area contributed by atoms with Crippen LogP contribution in [0.5, 0.6) is 0 Å². The van der Waals surface area contributed by atoms with Gasteiger partial charge in [-0.3, -0.25) is 37.3 Å². The summed E-state index contributed by atoms with van der Waals surface area (Å²) < 4.78 is 68.6. The van der Waals surface area contributed by atoms with Crippen molar-refractivity contribution in [2.24, 2.45) is 11.8 Å². The Morgan fingerprint density at radius 1 is 0.278 bits per heavy atom. The van der Waals surface area contributed by atoms with Crippen molar-refractivity contribution in [3.63, 3.8) is 0 Å². The Balaban J connectivity index is 5.23. The largest absolute Gasteiger partial charge is 0.472 e. The Morgan fingerprint density at radius 2 is 0.474 bits per heavy atom. The molecule has 0 amide bonds. The second-order valence-electron chi connectivity index (χ2n) is 29.1. The van der Waals surface area contributed by atoms with Gasteiger partial charge in [-0.25, -0.2) is 9.13 Å². The molecule has 576 valence electrons. The quantitative estimate of drug-likeness (QED) is 0.0222. The Labute approximate surface area is 594 Å². The van der Waals surface area contributed by atoms with Crippen molar-refractivity contribution < 1.29 is 80.2 Å². The van der Waals surface area contributed by atoms with Crippen molar-refractivity contribution in [1.82, 2.24) is 0 Å². The first-order valence-electron chi connectivity index (χ1n) is 40.5. The average molecular weight is 1420 g/mol. The highest BCUT2D eigenvalue weighted by Crippen LogP contribution is 2.45. The summed E-state index contributed by atoms with van der Waals surface area (Å²) in [7, 11) is -9.91. The first-order chi connectivity index (χ1) is 46.9. The predicted molar refractivity (Wildman–Crippen MR) is 395 cm³/mol. The van der Waals surface area contributed by atoms with Gasteiger partial charge in [-0.1, -0.05) is 356 Å². The van der Waals surface area contributed by atoms with Crippen molar-refractivity contribution in [2.45, 2.75) is 426 Å². The topological polar surface area (TPSA) is 237 Å². The fraction of sp³-hybridized carbons (Fsp3) is 0.949. The van der Waals surface area contributed by atoms with Gasteiger partial charge in [0.25, 0.3) is 0 Å². The molecule has 0 aliphatic heterocycles. The van der Waals surface area contributed by atoms with Crippen LogP contribution in [-0.4, -0.2) is 96.7 Å². The van der Waals surface area contributed by atoms with Crippen molar-refractivity contribution in [3.8, 4) is 0 Å². The van der Waals surface area contributed by atoms with E-state index in [1.165, 1.54) is 218 Å². The van der Waals surface area contributed by atoms with E-state index in [9.17, 15) is 43.2 Å². The molecule has 5 atom stereocenters. The standard InChI is InChI=1S/C78H152O17P2/c1-7-9-11-13-15-17-19-21-22-23-26-29-33-36-42-48-54-60-75(80)88-66-73(94-78(83)63-57-51-44-38-34-30-27-24-25-28-31-35-40-46-52-58-70(3)4)68-92-96(84,85)90-64-72(79)65-91-97(86,87)93-69-74(67-89-76(81)61-55-49-45-39-41-47-53-59-71(5)6)95-77(82)62-56-50-43-37-32-20-18-16-14-12-10-8-2/h70-74,79H,7-69H2,1-6H3,(H,84,85)(H,86,87)/t72-,73-,74-/m1/s1. The number of aliphatic hydroxyl groups is 1. The summed E-state index contributed by atoms with van der Waals surface area (Å²) in [6, 6.07) is 0. The number of carbonyl (C=O) groups excluding carboxylic acids is 4. The van der Waals surface area contributed by atoms with Crippen molar-refractivity contribution in [3.05, 3.63) is 0 Å². The van der Waals surface area contributed by atoms with Crippen LogP contribution in [0.1, 0.15) is 408 Å². The van der Waals surface area contributed by atoms with Crippen LogP contribution in [-0.2, 0) is 65.4 Å². The summed E-state index contributed by atoms with van der Waals surface area (Å²) in [6.07, 6.45) is 58.3. The summed E-state index contributed by atoms with van der Waals surface area (Å²) in [4.78, 5) is 72.9. The van der Waals surface area contributed by atoms with E-state index in [4.69, 9.17) is 37.0 Å². The van der Waals surface area contributed by atoms with Crippen LogP contribution in [0.2, 0.25) is 0 Å². The van der Waals surface area contributed by atoms with Gasteiger partial charge in [-0.15, -0.1) is 0 Å². The van der Waals surface area contributed by atoms with Gasteiger partial charge in [0.1, 0.15) is 19.3 Å². The highest BCUT2D eigenvalue weighted by molar-refractivity contribution is 7.47. The average Bonchev–Trinajstić information content (AvgIpc) is 1.57. The molecule has 97 heavy (non-hydrogen) atoms. The maximum atomic E-state index is 13.1. The fourth-order valence-corrected chi connectivity index (χ4v) is 13.6. The number of esters is 4. The minimum atomic E-state index is -4.96. The third-order valence-corrected chi connectivity index (χ3v) is 20.1. The molecule has 0 aromatic heterocycles. The van der Waals surface area contributed by atoms with E-state index in [-0.39, 0.29) is 25.7 Å². The molecule has 0 fully saturated rings. The molecule has 0 aliphatic carbocycles. The number of phosphoric acid groups is 2. The number of hydrogen-bond acceptors (Lipinski definition) is 15. The monoisotopic (exact) mass is 1420 g/mol. The van der Waals surface area contributed by atoms with Crippen LogP contribution >= 0.6 is 15.6 Å². The van der Waals surface area contributed by atoms with Gasteiger partial charge in [-0.2, -0.15) is 0 Å². The maximum absolute atomic E-state index is 13.1. The van der Waals surface area contributed by atoms with Crippen LogP contribution < -0.4 is 0 Å². The van der Waals surface area contributed by atoms with E-state index in [0.717, 1.165) is 102 Å². The Morgan fingerprint density at radius 3 is 0.701 bits per heavy atom. The normalized spacial score (nSPS) is 14.0. The van der Waals surface area contributed by atoms with E-state index in [1.807, 2.05) is 0 Å². The lowest BCUT2D eigenvalue weighted by Gasteiger charge is -2.21. The Hall–Kier alpha value is -1.94. The highest BCUT2D eigenvalue weighted by atomic mass is 31.2. The lowest BCUT2D eigenvalue weighted by atomic mass is 10.0. The highest BCUT2D eigenvalue weighted by Gasteiger charge is 2.30. The second-order valence-corrected chi connectivity index (χ2v) is 32.0. The zero-order valence-electron chi connectivity index (χ0n) is 63.4. The number of unbranched alkanes of at least 4 members (excludes halogenated alkanes) is 47. The summed E-state index contributed by atoms with van der Waals surface area (Å²) in [5, 5.41) is 10.6. The van der Waals surface area contributed by atoms with Crippen LogP contribution in [0.4, 0.5) is 0 Å². The summed E-state index contributed by atoms with van der Waals surface area (Å²) in [5.74, 6) is -0.604. The number of aliphatic hydroxyl groups excluding tert-OH is 1. The number of phosphoric ester groups is 2. The smallest absolute Gasteiger partial charge is 0.462 e. The van der Waals surface area contributed by atoms with Gasteiger partial charge in [-0.05, 0) is 37.5 Å². The van der Waals surface area contributed by atoms with E-state index >= 15 is 0 Å².